The molecule has 2 rings (SSSR count). The maximum atomic E-state index is 12.8. The zero-order valence-electron chi connectivity index (χ0n) is 12.8. The number of hydrogen-bond donors (Lipinski definition) is 2. The van der Waals surface area contributed by atoms with Gasteiger partial charge in [0.15, 0.2) is 0 Å². The zero-order valence-corrected chi connectivity index (χ0v) is 12.8. The number of nitrogens with one attached hydrogen (secondary N) is 1. The molecule has 4 heteroatoms. The van der Waals surface area contributed by atoms with Crippen molar-refractivity contribution in [1.82, 2.24) is 5.32 Å². The van der Waals surface area contributed by atoms with Crippen molar-refractivity contribution in [2.75, 3.05) is 6.54 Å². The number of halogens is 1. The summed E-state index contributed by atoms with van der Waals surface area (Å²) in [5.74, 6) is -0.142. The van der Waals surface area contributed by atoms with Crippen molar-refractivity contribution in [1.29, 1.82) is 0 Å². The van der Waals surface area contributed by atoms with Gasteiger partial charge < -0.3 is 11.1 Å². The van der Waals surface area contributed by atoms with Crippen LogP contribution in [0.5, 0.6) is 0 Å². The number of benzene rings is 2. The largest absolute Gasteiger partial charge is 0.350 e. The fourth-order valence-electron chi connectivity index (χ4n) is 2.15. The molecule has 0 aliphatic heterocycles. The molecule has 0 aromatic heterocycles. The minimum atomic E-state index is -0.363. The van der Waals surface area contributed by atoms with Crippen molar-refractivity contribution in [3.05, 3.63) is 71.0 Å². The van der Waals surface area contributed by atoms with E-state index in [2.05, 4.69) is 31.3 Å². The average Bonchev–Trinajstić information content (AvgIpc) is 2.53. The number of hydrogen-bond acceptors (Lipinski definition) is 2. The Hall–Kier alpha value is -2.20. The lowest BCUT2D eigenvalue weighted by Crippen LogP contribution is -2.31. The summed E-state index contributed by atoms with van der Waals surface area (Å²) in [6.45, 7) is 4.60. The van der Waals surface area contributed by atoms with E-state index in [9.17, 15) is 9.18 Å². The summed E-state index contributed by atoms with van der Waals surface area (Å²) in [7, 11) is 0. The van der Waals surface area contributed by atoms with Crippen molar-refractivity contribution in [3.63, 3.8) is 0 Å². The van der Waals surface area contributed by atoms with E-state index in [0.29, 0.717) is 18.0 Å². The lowest BCUT2D eigenvalue weighted by atomic mass is 9.99. The topological polar surface area (TPSA) is 55.1 Å². The maximum absolute atomic E-state index is 12.8. The average molecular weight is 300 g/mol. The van der Waals surface area contributed by atoms with Gasteiger partial charge >= 0.3 is 0 Å². The Morgan fingerprint density at radius 1 is 1.05 bits per heavy atom. The van der Waals surface area contributed by atoms with Gasteiger partial charge in [-0.25, -0.2) is 4.39 Å². The van der Waals surface area contributed by atoms with Crippen LogP contribution in [0.3, 0.4) is 0 Å². The summed E-state index contributed by atoms with van der Waals surface area (Å²) in [6, 6.07) is 13.3. The molecule has 0 heterocycles. The number of nitrogens with two attached hydrogens (primary N) is 1. The molecule has 2 aromatic carbocycles. The number of amides is 1. The molecule has 116 valence electrons. The summed E-state index contributed by atoms with van der Waals surface area (Å²) in [5, 5.41) is 2.77. The van der Waals surface area contributed by atoms with E-state index >= 15 is 0 Å². The molecule has 0 saturated carbocycles. The van der Waals surface area contributed by atoms with Crippen LogP contribution in [0.15, 0.2) is 48.5 Å². The Morgan fingerprint density at radius 2 is 1.59 bits per heavy atom. The number of rotatable bonds is 5. The van der Waals surface area contributed by atoms with E-state index in [1.165, 1.54) is 29.8 Å². The zero-order chi connectivity index (χ0) is 16.1. The Labute approximate surface area is 130 Å². The van der Waals surface area contributed by atoms with Gasteiger partial charge in [0.2, 0.25) is 0 Å². The first kappa shape index (κ1) is 16.2. The van der Waals surface area contributed by atoms with Gasteiger partial charge in [0.25, 0.3) is 5.91 Å². The quantitative estimate of drug-likeness (QED) is 0.889. The van der Waals surface area contributed by atoms with Crippen LogP contribution >= 0.6 is 0 Å². The summed E-state index contributed by atoms with van der Waals surface area (Å²) in [5.41, 5.74) is 8.75. The van der Waals surface area contributed by atoms with Crippen LogP contribution in [0.25, 0.3) is 0 Å². The Bertz CT molecular complexity index is 621. The second kappa shape index (κ2) is 7.18. The van der Waals surface area contributed by atoms with E-state index in [4.69, 9.17) is 5.73 Å². The Morgan fingerprint density at radius 3 is 2.14 bits per heavy atom. The van der Waals surface area contributed by atoms with Crippen molar-refractivity contribution < 1.29 is 9.18 Å². The number of carbonyl (C=O) groups is 1. The van der Waals surface area contributed by atoms with E-state index in [1.807, 2.05) is 12.1 Å². The predicted octanol–water partition coefficient (Wildman–Crippen LogP) is 3.38. The third-order valence-corrected chi connectivity index (χ3v) is 3.62. The molecule has 0 spiro atoms. The first-order valence-corrected chi connectivity index (χ1v) is 7.36. The maximum Gasteiger partial charge on any atom is 0.251 e. The minimum Gasteiger partial charge on any atom is -0.350 e. The van der Waals surface area contributed by atoms with E-state index in [0.717, 1.165) is 5.56 Å². The SMILES string of the molecule is CC(C)c1ccc(C(N)CNC(=O)c2ccc(F)cc2)cc1. The fourth-order valence-corrected chi connectivity index (χ4v) is 2.15. The van der Waals surface area contributed by atoms with Gasteiger partial charge in [-0.3, -0.25) is 4.79 Å². The lowest BCUT2D eigenvalue weighted by Gasteiger charge is -2.14. The van der Waals surface area contributed by atoms with Crippen molar-refractivity contribution in [2.45, 2.75) is 25.8 Å². The Kier molecular flexibility index (Phi) is 5.28. The molecule has 3 nitrogen and oxygen atoms in total. The van der Waals surface area contributed by atoms with Gasteiger partial charge in [0.05, 0.1) is 0 Å². The Balaban J connectivity index is 1.93. The first-order chi connectivity index (χ1) is 10.5. The van der Waals surface area contributed by atoms with Gasteiger partial charge in [0, 0.05) is 18.2 Å². The van der Waals surface area contributed by atoms with Crippen LogP contribution in [0.4, 0.5) is 4.39 Å². The molecule has 1 atom stereocenters. The monoisotopic (exact) mass is 300 g/mol. The van der Waals surface area contributed by atoms with E-state index < -0.39 is 0 Å². The number of carbonyl (C=O) groups excluding carboxylic acids is 1. The van der Waals surface area contributed by atoms with Gasteiger partial charge in [0.1, 0.15) is 5.82 Å². The van der Waals surface area contributed by atoms with Crippen LogP contribution < -0.4 is 11.1 Å². The predicted molar refractivity (Wildman–Crippen MR) is 86.2 cm³/mol. The molecule has 0 aliphatic carbocycles. The van der Waals surface area contributed by atoms with Gasteiger partial charge in [-0.15, -0.1) is 0 Å². The molecule has 0 bridgehead atoms. The van der Waals surface area contributed by atoms with E-state index in [1.54, 1.807) is 0 Å². The normalized spacial score (nSPS) is 12.2. The second-order valence-electron chi connectivity index (χ2n) is 5.64. The van der Waals surface area contributed by atoms with Crippen LogP contribution in [0.1, 0.15) is 47.3 Å². The van der Waals surface area contributed by atoms with Crippen LogP contribution in [0.2, 0.25) is 0 Å². The molecular weight excluding hydrogens is 279 g/mol. The van der Waals surface area contributed by atoms with Crippen molar-refractivity contribution in [3.8, 4) is 0 Å². The molecular formula is C18H21FN2O. The molecule has 22 heavy (non-hydrogen) atoms. The molecule has 3 N–H and O–H groups in total. The molecule has 0 aliphatic rings. The highest BCUT2D eigenvalue weighted by atomic mass is 19.1. The first-order valence-electron chi connectivity index (χ1n) is 7.36. The summed E-state index contributed by atoms with van der Waals surface area (Å²) in [4.78, 5) is 11.9. The summed E-state index contributed by atoms with van der Waals surface area (Å²) >= 11 is 0. The second-order valence-corrected chi connectivity index (χ2v) is 5.64. The highest BCUT2D eigenvalue weighted by Gasteiger charge is 2.10. The minimum absolute atomic E-state index is 0.255. The van der Waals surface area contributed by atoms with Crippen LogP contribution in [-0.2, 0) is 0 Å². The highest BCUT2D eigenvalue weighted by Crippen LogP contribution is 2.17. The third-order valence-electron chi connectivity index (χ3n) is 3.62. The van der Waals surface area contributed by atoms with Gasteiger partial charge in [-0.05, 0) is 41.3 Å². The standard InChI is InChI=1S/C18H21FN2O/c1-12(2)13-3-5-14(6-4-13)17(20)11-21-18(22)15-7-9-16(19)10-8-15/h3-10,12,17H,11,20H2,1-2H3,(H,21,22). The molecule has 1 amide bonds. The van der Waals surface area contributed by atoms with Gasteiger partial charge in [-0.1, -0.05) is 38.1 Å². The highest BCUT2D eigenvalue weighted by molar-refractivity contribution is 5.94. The molecule has 2 aromatic rings. The van der Waals surface area contributed by atoms with Crippen molar-refractivity contribution in [2.24, 2.45) is 5.73 Å². The fraction of sp³-hybridized carbons (Fsp3) is 0.278. The smallest absolute Gasteiger partial charge is 0.251 e. The molecule has 0 radical (unpaired) electrons. The molecule has 0 fully saturated rings. The van der Waals surface area contributed by atoms with Crippen LogP contribution in [-0.4, -0.2) is 12.5 Å². The summed E-state index contributed by atoms with van der Waals surface area (Å²) in [6.07, 6.45) is 0. The molecule has 0 saturated heterocycles. The lowest BCUT2D eigenvalue weighted by molar-refractivity contribution is 0.0951. The molecule has 1 unspecified atom stereocenters. The van der Waals surface area contributed by atoms with Crippen LogP contribution in [0, 0.1) is 5.82 Å². The summed E-state index contributed by atoms with van der Waals surface area (Å²) < 4.78 is 12.8. The van der Waals surface area contributed by atoms with Crippen molar-refractivity contribution >= 4 is 5.91 Å². The third kappa shape index (κ3) is 4.15. The van der Waals surface area contributed by atoms with E-state index in [-0.39, 0.29) is 17.8 Å². The van der Waals surface area contributed by atoms with Gasteiger partial charge in [-0.2, -0.15) is 0 Å².